The van der Waals surface area contributed by atoms with Crippen molar-refractivity contribution in [3.05, 3.63) is 54.1 Å². The number of aromatic nitrogens is 2. The van der Waals surface area contributed by atoms with Gasteiger partial charge in [0.05, 0.1) is 17.5 Å². The van der Waals surface area contributed by atoms with Crippen molar-refractivity contribution in [1.29, 1.82) is 0 Å². The van der Waals surface area contributed by atoms with Crippen molar-refractivity contribution in [1.82, 2.24) is 9.55 Å². The van der Waals surface area contributed by atoms with E-state index in [2.05, 4.69) is 10.3 Å². The van der Waals surface area contributed by atoms with Crippen LogP contribution in [0.1, 0.15) is 24.4 Å². The maximum absolute atomic E-state index is 13.1. The van der Waals surface area contributed by atoms with Crippen LogP contribution in [-0.4, -0.2) is 41.6 Å². The molecule has 0 saturated heterocycles. The van der Waals surface area contributed by atoms with E-state index in [1.165, 1.54) is 0 Å². The number of amides is 2. The summed E-state index contributed by atoms with van der Waals surface area (Å²) in [4.78, 5) is 32.2. The second-order valence-electron chi connectivity index (χ2n) is 7.24. The first-order valence-electron chi connectivity index (χ1n) is 9.72. The summed E-state index contributed by atoms with van der Waals surface area (Å²) in [5.74, 6) is 0.297. The lowest BCUT2D eigenvalue weighted by Gasteiger charge is -2.15. The van der Waals surface area contributed by atoms with Gasteiger partial charge in [-0.05, 0) is 43.2 Å². The average molecular weight is 392 g/mol. The SMILES string of the molecule is COCCCN1C(=O)C(CC(=O)Nc2cccc(C)c2)n2c1nc1ccccc12. The highest BCUT2D eigenvalue weighted by atomic mass is 16.5. The van der Waals surface area contributed by atoms with E-state index in [9.17, 15) is 9.59 Å². The first kappa shape index (κ1) is 19.1. The third kappa shape index (κ3) is 3.73. The molecule has 1 aromatic heterocycles. The molecule has 2 amide bonds. The Kier molecular flexibility index (Phi) is 5.31. The number of imidazole rings is 1. The first-order valence-corrected chi connectivity index (χ1v) is 9.72. The zero-order valence-electron chi connectivity index (χ0n) is 16.6. The second kappa shape index (κ2) is 8.05. The van der Waals surface area contributed by atoms with E-state index in [1.54, 1.807) is 12.0 Å². The molecule has 4 rings (SSSR count). The molecule has 7 heteroatoms. The molecule has 0 aliphatic carbocycles. The molecular weight excluding hydrogens is 368 g/mol. The Morgan fingerprint density at radius 2 is 2.03 bits per heavy atom. The Hall–Kier alpha value is -3.19. The van der Waals surface area contributed by atoms with Gasteiger partial charge in [-0.3, -0.25) is 19.1 Å². The van der Waals surface area contributed by atoms with Crippen LogP contribution in [-0.2, 0) is 14.3 Å². The van der Waals surface area contributed by atoms with Gasteiger partial charge in [0, 0.05) is 25.9 Å². The molecule has 0 spiro atoms. The number of ether oxygens (including phenoxy) is 1. The number of aryl methyl sites for hydroxylation is 1. The van der Waals surface area contributed by atoms with Gasteiger partial charge in [0.15, 0.2) is 0 Å². The van der Waals surface area contributed by atoms with Crippen LogP contribution in [0.5, 0.6) is 0 Å². The van der Waals surface area contributed by atoms with Gasteiger partial charge in [-0.25, -0.2) is 4.98 Å². The van der Waals surface area contributed by atoms with Crippen molar-refractivity contribution in [2.24, 2.45) is 0 Å². The van der Waals surface area contributed by atoms with Crippen molar-refractivity contribution < 1.29 is 14.3 Å². The summed E-state index contributed by atoms with van der Waals surface area (Å²) in [5.41, 5.74) is 3.47. The molecule has 1 unspecified atom stereocenters. The van der Waals surface area contributed by atoms with Crippen LogP contribution < -0.4 is 10.2 Å². The van der Waals surface area contributed by atoms with E-state index >= 15 is 0 Å². The summed E-state index contributed by atoms with van der Waals surface area (Å²) in [6.45, 7) is 3.03. The fourth-order valence-corrected chi connectivity index (χ4v) is 3.78. The van der Waals surface area contributed by atoms with Crippen molar-refractivity contribution in [2.75, 3.05) is 30.5 Å². The lowest BCUT2D eigenvalue weighted by atomic mass is 10.1. The molecule has 1 aliphatic heterocycles. The number of rotatable bonds is 7. The highest BCUT2D eigenvalue weighted by molar-refractivity contribution is 6.05. The largest absolute Gasteiger partial charge is 0.385 e. The van der Waals surface area contributed by atoms with Crippen LogP contribution in [0.25, 0.3) is 11.0 Å². The van der Waals surface area contributed by atoms with Gasteiger partial charge >= 0.3 is 0 Å². The van der Waals surface area contributed by atoms with Crippen LogP contribution in [0.2, 0.25) is 0 Å². The number of benzene rings is 2. The van der Waals surface area contributed by atoms with Crippen molar-refractivity contribution in [3.8, 4) is 0 Å². The lowest BCUT2D eigenvalue weighted by Crippen LogP contribution is -2.32. The summed E-state index contributed by atoms with van der Waals surface area (Å²) >= 11 is 0. The average Bonchev–Trinajstić information content (AvgIpc) is 3.18. The maximum Gasteiger partial charge on any atom is 0.253 e. The third-order valence-corrected chi connectivity index (χ3v) is 5.09. The topological polar surface area (TPSA) is 76.5 Å². The molecule has 7 nitrogen and oxygen atoms in total. The standard InChI is InChI=1S/C22H24N4O3/c1-15-7-5-8-16(13-15)23-20(27)14-19-21(28)25(11-6-12-29-2)22-24-17-9-3-4-10-18(17)26(19)22/h3-5,7-10,13,19H,6,11-12,14H2,1-2H3,(H,23,27). The maximum atomic E-state index is 13.1. The second-order valence-corrected chi connectivity index (χ2v) is 7.24. The Balaban J connectivity index is 1.61. The Labute approximate surface area is 169 Å². The molecule has 29 heavy (non-hydrogen) atoms. The molecule has 1 aliphatic rings. The summed E-state index contributed by atoms with van der Waals surface area (Å²) in [6.07, 6.45) is 0.758. The van der Waals surface area contributed by atoms with Gasteiger partial charge in [0.2, 0.25) is 11.9 Å². The zero-order valence-corrected chi connectivity index (χ0v) is 16.6. The first-order chi connectivity index (χ1) is 14.1. The number of fused-ring (bicyclic) bond motifs is 3. The molecule has 0 saturated carbocycles. The number of para-hydroxylation sites is 2. The molecule has 0 bridgehead atoms. The van der Waals surface area contributed by atoms with Crippen LogP contribution in [0, 0.1) is 6.92 Å². The molecule has 0 fully saturated rings. The minimum atomic E-state index is -0.607. The number of hydrogen-bond acceptors (Lipinski definition) is 4. The third-order valence-electron chi connectivity index (χ3n) is 5.09. The predicted molar refractivity (Wildman–Crippen MR) is 112 cm³/mol. The van der Waals surface area contributed by atoms with E-state index in [1.807, 2.05) is 60.0 Å². The molecule has 0 radical (unpaired) electrons. The molecule has 1 atom stereocenters. The smallest absolute Gasteiger partial charge is 0.253 e. The number of anilines is 2. The van der Waals surface area contributed by atoms with Crippen LogP contribution in [0.4, 0.5) is 11.6 Å². The van der Waals surface area contributed by atoms with Gasteiger partial charge in [0.25, 0.3) is 5.91 Å². The van der Waals surface area contributed by atoms with E-state index < -0.39 is 6.04 Å². The highest BCUT2D eigenvalue weighted by Gasteiger charge is 2.40. The highest BCUT2D eigenvalue weighted by Crippen LogP contribution is 2.36. The number of hydrogen-bond donors (Lipinski definition) is 1. The van der Waals surface area contributed by atoms with Crippen LogP contribution >= 0.6 is 0 Å². The van der Waals surface area contributed by atoms with Crippen molar-refractivity contribution >= 4 is 34.5 Å². The number of nitrogens with one attached hydrogen (secondary N) is 1. The summed E-state index contributed by atoms with van der Waals surface area (Å²) < 4.78 is 7.01. The zero-order chi connectivity index (χ0) is 20.4. The van der Waals surface area contributed by atoms with Gasteiger partial charge in [-0.1, -0.05) is 24.3 Å². The summed E-state index contributed by atoms with van der Waals surface area (Å²) in [5, 5.41) is 2.90. The van der Waals surface area contributed by atoms with Gasteiger partial charge in [-0.15, -0.1) is 0 Å². The quantitative estimate of drug-likeness (QED) is 0.626. The summed E-state index contributed by atoms with van der Waals surface area (Å²) in [6, 6.07) is 14.7. The van der Waals surface area contributed by atoms with Crippen LogP contribution in [0.15, 0.2) is 48.5 Å². The molecule has 150 valence electrons. The number of carbonyl (C=O) groups is 2. The van der Waals surface area contributed by atoms with E-state index in [0.717, 1.165) is 22.3 Å². The van der Waals surface area contributed by atoms with E-state index in [-0.39, 0.29) is 18.2 Å². The fraction of sp³-hybridized carbons (Fsp3) is 0.318. The number of nitrogens with zero attached hydrogens (tertiary/aromatic N) is 3. The fourth-order valence-electron chi connectivity index (χ4n) is 3.78. The number of carbonyl (C=O) groups excluding carboxylic acids is 2. The monoisotopic (exact) mass is 392 g/mol. The Bertz CT molecular complexity index is 1060. The van der Waals surface area contributed by atoms with Crippen molar-refractivity contribution in [3.63, 3.8) is 0 Å². The van der Waals surface area contributed by atoms with Gasteiger partial charge in [-0.2, -0.15) is 0 Å². The summed E-state index contributed by atoms with van der Waals surface area (Å²) in [7, 11) is 1.64. The van der Waals surface area contributed by atoms with E-state index in [4.69, 9.17) is 4.74 Å². The van der Waals surface area contributed by atoms with Crippen LogP contribution in [0.3, 0.4) is 0 Å². The normalized spacial score (nSPS) is 15.7. The van der Waals surface area contributed by atoms with E-state index in [0.29, 0.717) is 25.5 Å². The minimum Gasteiger partial charge on any atom is -0.385 e. The predicted octanol–water partition coefficient (Wildman–Crippen LogP) is 3.30. The van der Waals surface area contributed by atoms with Crippen molar-refractivity contribution in [2.45, 2.75) is 25.8 Å². The molecular formula is C22H24N4O3. The minimum absolute atomic E-state index is 0.0565. The molecule has 3 aromatic rings. The Morgan fingerprint density at radius 1 is 1.21 bits per heavy atom. The van der Waals surface area contributed by atoms with Gasteiger partial charge < -0.3 is 10.1 Å². The molecule has 1 N–H and O–H groups in total. The molecule has 2 heterocycles. The Morgan fingerprint density at radius 3 is 2.83 bits per heavy atom. The number of methoxy groups -OCH3 is 1. The van der Waals surface area contributed by atoms with Gasteiger partial charge in [0.1, 0.15) is 6.04 Å². The molecule has 2 aromatic carbocycles. The lowest BCUT2D eigenvalue weighted by molar-refractivity contribution is -0.124.